The molecule has 0 aliphatic carbocycles. The third-order valence-corrected chi connectivity index (χ3v) is 3.48. The van der Waals surface area contributed by atoms with Crippen LogP contribution < -0.4 is 11.3 Å². The molecule has 0 aromatic heterocycles. The molecular weight excluding hydrogens is 258 g/mol. The normalized spacial score (nSPS) is 12.4. The molecule has 2 nitrogen and oxygen atoms in total. The summed E-state index contributed by atoms with van der Waals surface area (Å²) in [5, 5.41) is 0. The van der Waals surface area contributed by atoms with Crippen LogP contribution in [-0.2, 0) is 12.8 Å². The van der Waals surface area contributed by atoms with Gasteiger partial charge in [-0.05, 0) is 43.0 Å². The van der Waals surface area contributed by atoms with Crippen LogP contribution in [0.4, 0.5) is 8.78 Å². The largest absolute Gasteiger partial charge is 0.271 e. The van der Waals surface area contributed by atoms with Gasteiger partial charge in [-0.3, -0.25) is 11.3 Å². The number of halogens is 2. The van der Waals surface area contributed by atoms with Crippen LogP contribution >= 0.6 is 0 Å². The Bertz CT molecular complexity index is 564. The van der Waals surface area contributed by atoms with E-state index >= 15 is 0 Å². The van der Waals surface area contributed by atoms with Crippen LogP contribution in [0.15, 0.2) is 42.5 Å². The second-order valence-electron chi connectivity index (χ2n) is 4.90. The lowest BCUT2D eigenvalue weighted by molar-refractivity contribution is 0.484. The van der Waals surface area contributed by atoms with E-state index in [1.807, 2.05) is 31.2 Å². The predicted molar refractivity (Wildman–Crippen MR) is 76.1 cm³/mol. The number of hydrogen-bond acceptors (Lipinski definition) is 2. The van der Waals surface area contributed by atoms with Crippen molar-refractivity contribution < 1.29 is 8.78 Å². The van der Waals surface area contributed by atoms with Crippen molar-refractivity contribution in [2.24, 2.45) is 5.84 Å². The zero-order chi connectivity index (χ0) is 14.5. The fraction of sp³-hybridized carbons (Fsp3) is 0.250. The Morgan fingerprint density at radius 2 is 1.65 bits per heavy atom. The molecule has 2 rings (SSSR count). The molecule has 1 atom stereocenters. The highest BCUT2D eigenvalue weighted by Gasteiger charge is 2.16. The monoisotopic (exact) mass is 276 g/mol. The molecule has 0 aliphatic rings. The van der Waals surface area contributed by atoms with Gasteiger partial charge in [-0.15, -0.1) is 0 Å². The highest BCUT2D eigenvalue weighted by atomic mass is 19.1. The second-order valence-corrected chi connectivity index (χ2v) is 4.90. The van der Waals surface area contributed by atoms with Crippen molar-refractivity contribution >= 4 is 0 Å². The first-order valence-corrected chi connectivity index (χ1v) is 6.55. The van der Waals surface area contributed by atoms with Crippen LogP contribution in [0.25, 0.3) is 0 Å². The highest BCUT2D eigenvalue weighted by Crippen LogP contribution is 2.17. The fourth-order valence-electron chi connectivity index (χ4n) is 2.27. The molecule has 2 aromatic rings. The van der Waals surface area contributed by atoms with Crippen LogP contribution in [0, 0.1) is 18.6 Å². The van der Waals surface area contributed by atoms with Gasteiger partial charge in [-0.25, -0.2) is 8.78 Å². The summed E-state index contributed by atoms with van der Waals surface area (Å²) in [4.78, 5) is 0. The lowest BCUT2D eigenvalue weighted by atomic mass is 9.96. The SMILES string of the molecule is Cc1ccccc1CC(Cc1c(F)cccc1F)NN. The minimum absolute atomic E-state index is 0.0732. The van der Waals surface area contributed by atoms with E-state index in [4.69, 9.17) is 5.84 Å². The first-order chi connectivity index (χ1) is 9.61. The Kier molecular flexibility index (Phi) is 4.82. The van der Waals surface area contributed by atoms with Crippen LogP contribution in [0.1, 0.15) is 16.7 Å². The first-order valence-electron chi connectivity index (χ1n) is 6.55. The van der Waals surface area contributed by atoms with Crippen LogP contribution in [-0.4, -0.2) is 6.04 Å². The third kappa shape index (κ3) is 3.40. The number of rotatable bonds is 5. The molecule has 0 aliphatic heterocycles. The zero-order valence-corrected chi connectivity index (χ0v) is 11.4. The fourth-order valence-corrected chi connectivity index (χ4v) is 2.27. The summed E-state index contributed by atoms with van der Waals surface area (Å²) in [6, 6.07) is 11.6. The number of hydrazine groups is 1. The summed E-state index contributed by atoms with van der Waals surface area (Å²) < 4.78 is 27.3. The van der Waals surface area contributed by atoms with Gasteiger partial charge < -0.3 is 0 Å². The molecule has 1 unspecified atom stereocenters. The first kappa shape index (κ1) is 14.6. The van der Waals surface area contributed by atoms with E-state index in [1.165, 1.54) is 18.2 Å². The van der Waals surface area contributed by atoms with Gasteiger partial charge in [0.1, 0.15) is 11.6 Å². The molecule has 0 saturated heterocycles. The maximum absolute atomic E-state index is 13.7. The number of benzene rings is 2. The van der Waals surface area contributed by atoms with Crippen molar-refractivity contribution in [2.75, 3.05) is 0 Å². The molecule has 0 bridgehead atoms. The standard InChI is InChI=1S/C16H18F2N2/c1-11-5-2-3-6-12(11)9-13(20-19)10-14-15(17)7-4-8-16(14)18/h2-8,13,20H,9-10,19H2,1H3. The summed E-state index contributed by atoms with van der Waals surface area (Å²) >= 11 is 0. The molecule has 3 N–H and O–H groups in total. The van der Waals surface area contributed by atoms with Crippen molar-refractivity contribution in [3.63, 3.8) is 0 Å². The van der Waals surface area contributed by atoms with Crippen molar-refractivity contribution in [1.29, 1.82) is 0 Å². The molecule has 2 aromatic carbocycles. The number of hydrogen-bond donors (Lipinski definition) is 2. The van der Waals surface area contributed by atoms with Crippen LogP contribution in [0.5, 0.6) is 0 Å². The Balaban J connectivity index is 2.16. The number of nitrogens with one attached hydrogen (secondary N) is 1. The van der Waals surface area contributed by atoms with E-state index in [-0.39, 0.29) is 18.0 Å². The maximum atomic E-state index is 13.7. The Hall–Kier alpha value is -1.78. The molecule has 4 heteroatoms. The van der Waals surface area contributed by atoms with E-state index in [0.717, 1.165) is 11.1 Å². The van der Waals surface area contributed by atoms with E-state index in [9.17, 15) is 8.78 Å². The molecule has 0 spiro atoms. The second kappa shape index (κ2) is 6.59. The number of aryl methyl sites for hydroxylation is 1. The van der Waals surface area contributed by atoms with Gasteiger partial charge in [0.05, 0.1) is 0 Å². The van der Waals surface area contributed by atoms with E-state index in [2.05, 4.69) is 5.43 Å². The summed E-state index contributed by atoms with van der Waals surface area (Å²) in [6.45, 7) is 2.01. The Morgan fingerprint density at radius 1 is 1.00 bits per heavy atom. The van der Waals surface area contributed by atoms with Crippen molar-refractivity contribution in [2.45, 2.75) is 25.8 Å². The van der Waals surface area contributed by atoms with Crippen LogP contribution in [0.2, 0.25) is 0 Å². The van der Waals surface area contributed by atoms with Gasteiger partial charge in [0, 0.05) is 11.6 Å². The van der Waals surface area contributed by atoms with Crippen molar-refractivity contribution in [3.8, 4) is 0 Å². The molecular formula is C16H18F2N2. The molecule has 0 amide bonds. The quantitative estimate of drug-likeness (QED) is 0.651. The zero-order valence-electron chi connectivity index (χ0n) is 11.4. The molecule has 0 radical (unpaired) electrons. The Labute approximate surface area is 117 Å². The maximum Gasteiger partial charge on any atom is 0.129 e. The third-order valence-electron chi connectivity index (χ3n) is 3.48. The van der Waals surface area contributed by atoms with Gasteiger partial charge >= 0.3 is 0 Å². The molecule has 0 fully saturated rings. The summed E-state index contributed by atoms with van der Waals surface area (Å²) in [6.07, 6.45) is 0.834. The average Bonchev–Trinajstić information content (AvgIpc) is 2.44. The molecule has 0 saturated carbocycles. The van der Waals surface area contributed by atoms with E-state index in [1.54, 1.807) is 0 Å². The minimum Gasteiger partial charge on any atom is -0.271 e. The molecule has 0 heterocycles. The smallest absolute Gasteiger partial charge is 0.129 e. The van der Waals surface area contributed by atoms with Gasteiger partial charge in [-0.2, -0.15) is 0 Å². The topological polar surface area (TPSA) is 38.0 Å². The van der Waals surface area contributed by atoms with Gasteiger partial charge in [0.25, 0.3) is 0 Å². The lowest BCUT2D eigenvalue weighted by Crippen LogP contribution is -2.39. The number of nitrogens with two attached hydrogens (primary N) is 1. The van der Waals surface area contributed by atoms with Gasteiger partial charge in [0.15, 0.2) is 0 Å². The summed E-state index contributed by atoms with van der Waals surface area (Å²) in [5.74, 6) is 4.46. The van der Waals surface area contributed by atoms with E-state index < -0.39 is 11.6 Å². The van der Waals surface area contributed by atoms with Crippen LogP contribution in [0.3, 0.4) is 0 Å². The van der Waals surface area contributed by atoms with E-state index in [0.29, 0.717) is 6.42 Å². The molecule has 106 valence electrons. The highest BCUT2D eigenvalue weighted by molar-refractivity contribution is 5.27. The minimum atomic E-state index is -0.532. The summed E-state index contributed by atoms with van der Waals surface area (Å²) in [7, 11) is 0. The molecule has 20 heavy (non-hydrogen) atoms. The van der Waals surface area contributed by atoms with Crippen molar-refractivity contribution in [1.82, 2.24) is 5.43 Å². The predicted octanol–water partition coefficient (Wildman–Crippen LogP) is 2.89. The lowest BCUT2D eigenvalue weighted by Gasteiger charge is -2.18. The summed E-state index contributed by atoms with van der Waals surface area (Å²) in [5.41, 5.74) is 4.98. The average molecular weight is 276 g/mol. The van der Waals surface area contributed by atoms with Crippen molar-refractivity contribution in [3.05, 3.63) is 70.8 Å². The Morgan fingerprint density at radius 3 is 2.25 bits per heavy atom. The van der Waals surface area contributed by atoms with Gasteiger partial charge in [-0.1, -0.05) is 30.3 Å². The van der Waals surface area contributed by atoms with Gasteiger partial charge in [0.2, 0.25) is 0 Å².